The summed E-state index contributed by atoms with van der Waals surface area (Å²) in [4.78, 5) is 0. The number of nitrogens with two attached hydrogens (primary N) is 1. The molecule has 0 aliphatic rings. The van der Waals surface area contributed by atoms with Crippen molar-refractivity contribution in [2.45, 2.75) is 19.5 Å². The summed E-state index contributed by atoms with van der Waals surface area (Å²) >= 11 is 0. The predicted octanol–water partition coefficient (Wildman–Crippen LogP) is 2.88. The van der Waals surface area contributed by atoms with Gasteiger partial charge in [0.25, 0.3) is 0 Å². The molecule has 3 N–H and O–H groups in total. The molecule has 0 bridgehead atoms. The number of benzene rings is 1. The monoisotopic (exact) mass is 279 g/mol. The van der Waals surface area contributed by atoms with E-state index >= 15 is 0 Å². The van der Waals surface area contributed by atoms with Gasteiger partial charge in [-0.15, -0.1) is 0 Å². The van der Waals surface area contributed by atoms with Crippen LogP contribution in [0.15, 0.2) is 18.2 Å². The molecule has 0 spiro atoms. The van der Waals surface area contributed by atoms with Gasteiger partial charge in [0.05, 0.1) is 19.9 Å². The molecule has 0 fully saturated rings. The number of alkyl halides is 1. The number of hydrogen-bond acceptors (Lipinski definition) is 4. The van der Waals surface area contributed by atoms with Crippen LogP contribution in [0.5, 0.6) is 11.5 Å². The first-order chi connectivity index (χ1) is 9.36. The molecule has 20 heavy (non-hydrogen) atoms. The molecule has 1 aromatic carbocycles. The van der Waals surface area contributed by atoms with Crippen molar-refractivity contribution in [2.24, 2.45) is 0 Å². The molecule has 108 valence electrons. The number of rotatable bonds is 4. The molecule has 0 unspecified atom stereocenters. The molecule has 0 aliphatic carbocycles. The third-order valence-corrected chi connectivity index (χ3v) is 3.03. The first-order valence-electron chi connectivity index (χ1n) is 6.13. The van der Waals surface area contributed by atoms with Crippen molar-refractivity contribution in [3.8, 4) is 22.8 Å². The molecule has 0 saturated carbocycles. The Labute approximate surface area is 116 Å². The number of hydrogen-bond donors (Lipinski definition) is 2. The number of ether oxygens (including phenoxy) is 2. The summed E-state index contributed by atoms with van der Waals surface area (Å²) in [6.45, 7) is 2.94. The van der Waals surface area contributed by atoms with Gasteiger partial charge in [-0.05, 0) is 26.0 Å². The largest absolute Gasteiger partial charge is 0.493 e. The molecule has 0 atom stereocenters. The third-order valence-electron chi connectivity index (χ3n) is 3.03. The fourth-order valence-electron chi connectivity index (χ4n) is 2.05. The predicted molar refractivity (Wildman–Crippen MR) is 75.7 cm³/mol. The Kier molecular flexibility index (Phi) is 3.57. The van der Waals surface area contributed by atoms with E-state index in [1.807, 2.05) is 0 Å². The number of aromatic nitrogens is 2. The van der Waals surface area contributed by atoms with Crippen LogP contribution < -0.4 is 15.2 Å². The Morgan fingerprint density at radius 1 is 1.20 bits per heavy atom. The van der Waals surface area contributed by atoms with Gasteiger partial charge in [0.15, 0.2) is 11.5 Å². The van der Waals surface area contributed by atoms with Crippen LogP contribution in [-0.2, 0) is 5.67 Å². The highest BCUT2D eigenvalue weighted by Gasteiger charge is 2.27. The lowest BCUT2D eigenvalue weighted by Gasteiger charge is -2.21. The number of nitrogens with one attached hydrogen (secondary N) is 1. The van der Waals surface area contributed by atoms with Crippen molar-refractivity contribution < 1.29 is 13.9 Å². The molecule has 0 aliphatic heterocycles. The maximum atomic E-state index is 14.4. The van der Waals surface area contributed by atoms with E-state index in [0.29, 0.717) is 28.6 Å². The average Bonchev–Trinajstić information content (AvgIpc) is 2.82. The van der Waals surface area contributed by atoms with Gasteiger partial charge in [-0.3, -0.25) is 5.10 Å². The van der Waals surface area contributed by atoms with Crippen LogP contribution in [0, 0.1) is 0 Å². The minimum absolute atomic E-state index is 0.371. The number of H-pyrrole nitrogens is 1. The summed E-state index contributed by atoms with van der Waals surface area (Å²) in [5.74, 6) is 1.21. The first-order valence-corrected chi connectivity index (χ1v) is 6.13. The second-order valence-electron chi connectivity index (χ2n) is 4.94. The van der Waals surface area contributed by atoms with E-state index < -0.39 is 5.67 Å². The number of nitrogen functional groups attached to an aromatic ring is 1. The van der Waals surface area contributed by atoms with Crippen LogP contribution in [-0.4, -0.2) is 24.4 Å². The van der Waals surface area contributed by atoms with Crippen molar-refractivity contribution in [2.75, 3.05) is 20.0 Å². The lowest BCUT2D eigenvalue weighted by atomic mass is 9.95. The van der Waals surface area contributed by atoms with E-state index in [2.05, 4.69) is 10.2 Å². The van der Waals surface area contributed by atoms with Gasteiger partial charge in [-0.1, -0.05) is 0 Å². The van der Waals surface area contributed by atoms with Crippen LogP contribution >= 0.6 is 0 Å². The van der Waals surface area contributed by atoms with Crippen molar-refractivity contribution in [1.82, 2.24) is 10.2 Å². The van der Waals surface area contributed by atoms with Gasteiger partial charge in [-0.2, -0.15) is 5.10 Å². The van der Waals surface area contributed by atoms with E-state index in [9.17, 15) is 4.39 Å². The highest BCUT2D eigenvalue weighted by atomic mass is 19.1. The Morgan fingerprint density at radius 2 is 1.90 bits per heavy atom. The molecule has 0 amide bonds. The van der Waals surface area contributed by atoms with Gasteiger partial charge in [0.1, 0.15) is 11.5 Å². The second-order valence-corrected chi connectivity index (χ2v) is 4.94. The lowest BCUT2D eigenvalue weighted by molar-refractivity contribution is 0.211. The van der Waals surface area contributed by atoms with Crippen molar-refractivity contribution >= 4 is 5.82 Å². The highest BCUT2D eigenvalue weighted by Crippen LogP contribution is 2.42. The Bertz CT molecular complexity index is 617. The van der Waals surface area contributed by atoms with Crippen molar-refractivity contribution in [3.63, 3.8) is 0 Å². The van der Waals surface area contributed by atoms with Crippen LogP contribution in [0.1, 0.15) is 19.4 Å². The second kappa shape index (κ2) is 5.03. The Hall–Kier alpha value is -2.24. The van der Waals surface area contributed by atoms with E-state index in [4.69, 9.17) is 15.2 Å². The molecule has 0 radical (unpaired) electrons. The molecule has 1 heterocycles. The van der Waals surface area contributed by atoms with E-state index in [0.717, 1.165) is 5.56 Å². The van der Waals surface area contributed by atoms with Crippen molar-refractivity contribution in [3.05, 3.63) is 23.8 Å². The molecule has 6 heteroatoms. The molecular weight excluding hydrogens is 261 g/mol. The maximum absolute atomic E-state index is 14.4. The van der Waals surface area contributed by atoms with Crippen LogP contribution in [0.2, 0.25) is 0 Å². The van der Waals surface area contributed by atoms with Crippen LogP contribution in [0.4, 0.5) is 10.2 Å². The van der Waals surface area contributed by atoms with Gasteiger partial charge in [-0.25, -0.2) is 4.39 Å². The zero-order chi connectivity index (χ0) is 14.9. The average molecular weight is 279 g/mol. The number of methoxy groups -OCH3 is 2. The normalized spacial score (nSPS) is 11.4. The van der Waals surface area contributed by atoms with Crippen LogP contribution in [0.25, 0.3) is 11.3 Å². The Balaban J connectivity index is 2.67. The number of halogens is 1. The fraction of sp³-hybridized carbons (Fsp3) is 0.357. The quantitative estimate of drug-likeness (QED) is 0.902. The number of nitrogens with zero attached hydrogens (tertiary/aromatic N) is 1. The lowest BCUT2D eigenvalue weighted by Crippen LogP contribution is -2.12. The number of aromatic amines is 1. The summed E-state index contributed by atoms with van der Waals surface area (Å²) in [6.07, 6.45) is 0. The van der Waals surface area contributed by atoms with E-state index in [1.54, 1.807) is 18.2 Å². The maximum Gasteiger partial charge on any atom is 0.167 e. The molecule has 5 nitrogen and oxygen atoms in total. The zero-order valence-electron chi connectivity index (χ0n) is 12.0. The summed E-state index contributed by atoms with van der Waals surface area (Å²) in [5.41, 5.74) is 5.85. The van der Waals surface area contributed by atoms with Crippen LogP contribution in [0.3, 0.4) is 0 Å². The minimum Gasteiger partial charge on any atom is -0.493 e. The third kappa shape index (κ3) is 2.54. The molecular formula is C14H18FN3O2. The van der Waals surface area contributed by atoms with Crippen molar-refractivity contribution in [1.29, 1.82) is 0 Å². The topological polar surface area (TPSA) is 73.2 Å². The standard InChI is InChI=1S/C14H18FN3O2/c1-14(2,15)9-5-8(10-7-12(16)18-17-10)6-11(19-3)13(9)20-4/h5-7H,1-4H3,(H3,16,17,18). The van der Waals surface area contributed by atoms with Gasteiger partial charge in [0, 0.05) is 17.2 Å². The van der Waals surface area contributed by atoms with E-state index in [1.165, 1.54) is 28.1 Å². The first kappa shape index (κ1) is 14.2. The van der Waals surface area contributed by atoms with Gasteiger partial charge < -0.3 is 15.2 Å². The Morgan fingerprint density at radius 3 is 2.35 bits per heavy atom. The SMILES string of the molecule is COc1cc(-c2cc(N)n[nH]2)cc(C(C)(C)F)c1OC. The molecule has 0 saturated heterocycles. The summed E-state index contributed by atoms with van der Waals surface area (Å²) in [5, 5.41) is 6.67. The van der Waals surface area contributed by atoms with Gasteiger partial charge in [0.2, 0.25) is 0 Å². The summed E-state index contributed by atoms with van der Waals surface area (Å²) < 4.78 is 25.0. The fourth-order valence-corrected chi connectivity index (χ4v) is 2.05. The summed E-state index contributed by atoms with van der Waals surface area (Å²) in [7, 11) is 3.00. The number of anilines is 1. The zero-order valence-corrected chi connectivity index (χ0v) is 12.0. The molecule has 2 aromatic rings. The summed E-state index contributed by atoms with van der Waals surface area (Å²) in [6, 6.07) is 5.13. The molecule has 2 rings (SSSR count). The smallest absolute Gasteiger partial charge is 0.167 e. The van der Waals surface area contributed by atoms with Gasteiger partial charge >= 0.3 is 0 Å². The van der Waals surface area contributed by atoms with E-state index in [-0.39, 0.29) is 0 Å². The molecule has 1 aromatic heterocycles. The minimum atomic E-state index is -1.57. The highest BCUT2D eigenvalue weighted by molar-refractivity contribution is 5.68.